The fourth-order valence-corrected chi connectivity index (χ4v) is 1.86. The summed E-state index contributed by atoms with van der Waals surface area (Å²) in [6.07, 6.45) is 9.64. The fourth-order valence-electron chi connectivity index (χ4n) is 1.86. The molecule has 0 spiro atoms. The van der Waals surface area contributed by atoms with E-state index in [9.17, 15) is 0 Å². The number of rotatable bonds is 3. The van der Waals surface area contributed by atoms with Gasteiger partial charge in [-0.25, -0.2) is 0 Å². The molecule has 0 aliphatic heterocycles. The summed E-state index contributed by atoms with van der Waals surface area (Å²) in [5.74, 6) is 2.84. The Bertz CT molecular complexity index is 526. The minimum Gasteiger partial charge on any atom is -0.361 e. The van der Waals surface area contributed by atoms with E-state index in [1.807, 2.05) is 6.07 Å². The molecule has 0 amide bonds. The lowest BCUT2D eigenvalue weighted by molar-refractivity contribution is 0.460. The summed E-state index contributed by atoms with van der Waals surface area (Å²) in [7, 11) is 0. The van der Waals surface area contributed by atoms with Crippen LogP contribution in [0.4, 0.5) is 0 Å². The molecule has 1 aromatic carbocycles. The molecule has 82 valence electrons. The molecule has 0 bridgehead atoms. The van der Waals surface area contributed by atoms with Gasteiger partial charge in [-0.1, -0.05) is 18.2 Å². The van der Waals surface area contributed by atoms with Crippen LogP contribution in [-0.2, 0) is 6.42 Å². The Balaban J connectivity index is 2.20. The Hall–Kier alpha value is -1.68. The molecule has 0 saturated carbocycles. The number of nitrogens with one attached hydrogen (secondary N) is 1. The van der Waals surface area contributed by atoms with Crippen molar-refractivity contribution in [1.82, 2.24) is 4.98 Å². The first-order chi connectivity index (χ1) is 7.62. The number of hydrogen-bond acceptors (Lipinski definition) is 0. The van der Waals surface area contributed by atoms with E-state index in [1.54, 1.807) is 0 Å². The predicted octanol–water partition coefficient (Wildman–Crippen LogP) is 3.76. The van der Waals surface area contributed by atoms with Crippen LogP contribution in [-0.4, -0.2) is 4.98 Å². The van der Waals surface area contributed by atoms with E-state index < -0.39 is 0 Å². The second kappa shape index (κ2) is 4.06. The Kier molecular flexibility index (Phi) is 2.75. The van der Waals surface area contributed by atoms with Crippen molar-refractivity contribution in [2.45, 2.75) is 26.7 Å². The lowest BCUT2D eigenvalue weighted by Gasteiger charge is -2.16. The largest absolute Gasteiger partial charge is 0.361 e. The highest BCUT2D eigenvalue weighted by Gasteiger charge is 2.14. The molecule has 1 heteroatoms. The molecule has 0 radical (unpaired) electrons. The summed E-state index contributed by atoms with van der Waals surface area (Å²) in [6, 6.07) is 8.38. The first-order valence-electron chi connectivity index (χ1n) is 5.65. The van der Waals surface area contributed by atoms with Gasteiger partial charge in [0, 0.05) is 22.5 Å². The summed E-state index contributed by atoms with van der Waals surface area (Å²) < 4.78 is 0. The van der Waals surface area contributed by atoms with Crippen LogP contribution < -0.4 is 0 Å². The van der Waals surface area contributed by atoms with Crippen molar-refractivity contribution in [3.63, 3.8) is 0 Å². The first-order valence-corrected chi connectivity index (χ1v) is 5.65. The molecule has 1 nitrogen and oxygen atoms in total. The van der Waals surface area contributed by atoms with E-state index in [-0.39, 0.29) is 5.41 Å². The van der Waals surface area contributed by atoms with Crippen molar-refractivity contribution in [3.05, 3.63) is 36.0 Å². The highest BCUT2D eigenvalue weighted by molar-refractivity contribution is 5.82. The topological polar surface area (TPSA) is 15.8 Å². The van der Waals surface area contributed by atoms with Crippen LogP contribution in [0.5, 0.6) is 0 Å². The van der Waals surface area contributed by atoms with Crippen molar-refractivity contribution in [2.75, 3.05) is 0 Å². The van der Waals surface area contributed by atoms with E-state index in [4.69, 9.17) is 6.42 Å². The second-order valence-corrected chi connectivity index (χ2v) is 4.89. The Morgan fingerprint density at radius 3 is 2.81 bits per heavy atom. The maximum Gasteiger partial charge on any atom is 0.0456 e. The lowest BCUT2D eigenvalue weighted by atomic mass is 9.87. The van der Waals surface area contributed by atoms with Gasteiger partial charge in [-0.05, 0) is 38.3 Å². The number of H-pyrrole nitrogens is 1. The van der Waals surface area contributed by atoms with Gasteiger partial charge < -0.3 is 4.98 Å². The van der Waals surface area contributed by atoms with Crippen LogP contribution in [0.15, 0.2) is 30.5 Å². The van der Waals surface area contributed by atoms with Gasteiger partial charge in [0.2, 0.25) is 0 Å². The average molecular weight is 211 g/mol. The third-order valence-electron chi connectivity index (χ3n) is 3.08. The second-order valence-electron chi connectivity index (χ2n) is 4.89. The summed E-state index contributed by atoms with van der Waals surface area (Å²) in [5.41, 5.74) is 2.55. The molecule has 2 rings (SSSR count). The molecular weight excluding hydrogens is 194 g/mol. The van der Waals surface area contributed by atoms with Crippen molar-refractivity contribution in [1.29, 1.82) is 0 Å². The Labute approximate surface area is 96.9 Å². The Morgan fingerprint density at radius 2 is 2.06 bits per heavy atom. The number of hydrogen-bond donors (Lipinski definition) is 1. The molecule has 1 N–H and O–H groups in total. The number of fused-ring (bicyclic) bond motifs is 1. The van der Waals surface area contributed by atoms with Gasteiger partial charge in [0.25, 0.3) is 0 Å². The monoisotopic (exact) mass is 211 g/mol. The number of aryl methyl sites for hydroxylation is 1. The van der Waals surface area contributed by atoms with E-state index >= 15 is 0 Å². The van der Waals surface area contributed by atoms with Gasteiger partial charge in [0.05, 0.1) is 0 Å². The maximum atomic E-state index is 5.50. The molecule has 0 aliphatic rings. The third kappa shape index (κ3) is 2.12. The molecule has 16 heavy (non-hydrogen) atoms. The highest BCUT2D eigenvalue weighted by atomic mass is 14.7. The number of benzene rings is 1. The Morgan fingerprint density at radius 1 is 1.31 bits per heavy atom. The van der Waals surface area contributed by atoms with Crippen molar-refractivity contribution in [2.24, 2.45) is 5.41 Å². The number of aromatic amines is 1. The van der Waals surface area contributed by atoms with E-state index in [0.717, 1.165) is 12.8 Å². The summed E-state index contributed by atoms with van der Waals surface area (Å²) in [4.78, 5) is 3.29. The van der Waals surface area contributed by atoms with E-state index in [2.05, 4.69) is 49.1 Å². The smallest absolute Gasteiger partial charge is 0.0456 e. The zero-order chi connectivity index (χ0) is 11.6. The zero-order valence-electron chi connectivity index (χ0n) is 9.88. The molecular formula is C15H17N. The van der Waals surface area contributed by atoms with Crippen LogP contribution in [0.3, 0.4) is 0 Å². The predicted molar refractivity (Wildman–Crippen MR) is 69.2 cm³/mol. The van der Waals surface area contributed by atoms with Crippen LogP contribution in [0, 0.1) is 17.8 Å². The number of para-hydroxylation sites is 1. The SMILES string of the molecule is C#CC(C)(C)CCc1c[nH]c2ccccc12. The van der Waals surface area contributed by atoms with Gasteiger partial charge >= 0.3 is 0 Å². The minimum absolute atomic E-state index is 0.0155. The van der Waals surface area contributed by atoms with Crippen molar-refractivity contribution < 1.29 is 0 Å². The van der Waals surface area contributed by atoms with Gasteiger partial charge in [-0.15, -0.1) is 12.3 Å². The number of aromatic nitrogens is 1. The first kappa shape index (κ1) is 10.8. The maximum absolute atomic E-state index is 5.50. The molecule has 1 aromatic heterocycles. The fraction of sp³-hybridized carbons (Fsp3) is 0.333. The molecule has 0 saturated heterocycles. The average Bonchev–Trinajstić information content (AvgIpc) is 2.70. The van der Waals surface area contributed by atoms with Crippen molar-refractivity contribution >= 4 is 10.9 Å². The minimum atomic E-state index is -0.0155. The molecule has 0 atom stereocenters. The van der Waals surface area contributed by atoms with Gasteiger partial charge in [-0.2, -0.15) is 0 Å². The van der Waals surface area contributed by atoms with Gasteiger partial charge in [0.15, 0.2) is 0 Å². The van der Waals surface area contributed by atoms with Crippen molar-refractivity contribution in [3.8, 4) is 12.3 Å². The summed E-state index contributed by atoms with van der Waals surface area (Å²) >= 11 is 0. The molecule has 0 fully saturated rings. The standard InChI is InChI=1S/C15H17N/c1-4-15(2,3)10-9-12-11-16-14-8-6-5-7-13(12)14/h1,5-8,11,16H,9-10H2,2-3H3. The molecule has 1 heterocycles. The molecule has 0 unspecified atom stereocenters. The molecule has 0 aliphatic carbocycles. The van der Waals surface area contributed by atoms with Crippen LogP contribution in [0.1, 0.15) is 25.8 Å². The zero-order valence-corrected chi connectivity index (χ0v) is 9.88. The number of terminal acetylenes is 1. The van der Waals surface area contributed by atoms with Crippen LogP contribution in [0.2, 0.25) is 0 Å². The summed E-state index contributed by atoms with van der Waals surface area (Å²) in [5, 5.41) is 1.32. The van der Waals surface area contributed by atoms with Crippen LogP contribution in [0.25, 0.3) is 10.9 Å². The normalized spacial score (nSPS) is 11.6. The summed E-state index contributed by atoms with van der Waals surface area (Å²) in [6.45, 7) is 4.23. The van der Waals surface area contributed by atoms with Gasteiger partial charge in [0.1, 0.15) is 0 Å². The van der Waals surface area contributed by atoms with Crippen LogP contribution >= 0.6 is 0 Å². The van der Waals surface area contributed by atoms with E-state index in [1.165, 1.54) is 16.5 Å². The quantitative estimate of drug-likeness (QED) is 0.744. The van der Waals surface area contributed by atoms with Gasteiger partial charge in [-0.3, -0.25) is 0 Å². The lowest BCUT2D eigenvalue weighted by Crippen LogP contribution is -2.08. The van der Waals surface area contributed by atoms with E-state index in [0.29, 0.717) is 0 Å². The molecule has 2 aromatic rings. The third-order valence-corrected chi connectivity index (χ3v) is 3.08. The highest BCUT2D eigenvalue weighted by Crippen LogP contribution is 2.25.